The Kier molecular flexibility index (Phi) is 6.02. The Labute approximate surface area is 121 Å². The van der Waals surface area contributed by atoms with Crippen molar-refractivity contribution in [3.05, 3.63) is 29.3 Å². The van der Waals surface area contributed by atoms with Crippen LogP contribution in [0, 0.1) is 19.8 Å². The zero-order valence-corrected chi connectivity index (χ0v) is 13.1. The Balaban J connectivity index is 2.52. The molecule has 3 atom stereocenters. The monoisotopic (exact) mass is 278 g/mol. The van der Waals surface area contributed by atoms with Crippen LogP contribution in [-0.4, -0.2) is 24.6 Å². The number of amides is 1. The summed E-state index contributed by atoms with van der Waals surface area (Å²) in [5, 5.41) is 2.93. The van der Waals surface area contributed by atoms with Crippen molar-refractivity contribution in [2.45, 2.75) is 46.7 Å². The second kappa shape index (κ2) is 7.29. The van der Waals surface area contributed by atoms with Crippen LogP contribution in [0.3, 0.4) is 0 Å². The Morgan fingerprint density at radius 1 is 1.25 bits per heavy atom. The molecule has 3 unspecified atom stereocenters. The molecule has 1 rings (SSSR count). The van der Waals surface area contributed by atoms with Gasteiger partial charge in [0.15, 0.2) is 0 Å². The van der Waals surface area contributed by atoms with Gasteiger partial charge in [-0.3, -0.25) is 4.79 Å². The molecule has 4 nitrogen and oxygen atoms in total. The van der Waals surface area contributed by atoms with E-state index in [1.165, 1.54) is 0 Å². The van der Waals surface area contributed by atoms with Crippen LogP contribution in [0.15, 0.2) is 18.2 Å². The first-order valence-corrected chi connectivity index (χ1v) is 7.08. The van der Waals surface area contributed by atoms with Gasteiger partial charge in [-0.25, -0.2) is 0 Å². The second-order valence-electron chi connectivity index (χ2n) is 5.59. The topological polar surface area (TPSA) is 64.3 Å². The summed E-state index contributed by atoms with van der Waals surface area (Å²) in [6.45, 7) is 10.1. The summed E-state index contributed by atoms with van der Waals surface area (Å²) in [7, 11) is 0. The molecule has 1 aromatic carbocycles. The van der Waals surface area contributed by atoms with Crippen molar-refractivity contribution in [3.63, 3.8) is 0 Å². The Hall–Kier alpha value is -1.55. The van der Waals surface area contributed by atoms with E-state index in [0.29, 0.717) is 6.61 Å². The highest BCUT2D eigenvalue weighted by molar-refractivity contribution is 5.79. The molecule has 0 fully saturated rings. The molecule has 3 N–H and O–H groups in total. The van der Waals surface area contributed by atoms with E-state index in [9.17, 15) is 4.79 Å². The predicted molar refractivity (Wildman–Crippen MR) is 81.8 cm³/mol. The van der Waals surface area contributed by atoms with E-state index in [4.69, 9.17) is 10.5 Å². The van der Waals surface area contributed by atoms with Gasteiger partial charge in [0.05, 0.1) is 6.04 Å². The Morgan fingerprint density at radius 3 is 2.30 bits per heavy atom. The minimum absolute atomic E-state index is 0.0300. The highest BCUT2D eigenvalue weighted by Crippen LogP contribution is 2.22. The van der Waals surface area contributed by atoms with E-state index >= 15 is 0 Å². The molecule has 1 amide bonds. The van der Waals surface area contributed by atoms with Crippen LogP contribution in [0.1, 0.15) is 31.9 Å². The molecule has 0 spiro atoms. The minimum atomic E-state index is -0.197. The number of carbonyl (C=O) groups excluding carboxylic acids is 1. The van der Waals surface area contributed by atoms with Crippen molar-refractivity contribution in [3.8, 4) is 5.75 Å². The summed E-state index contributed by atoms with van der Waals surface area (Å²) in [6, 6.07) is 5.84. The van der Waals surface area contributed by atoms with E-state index in [1.54, 1.807) is 0 Å². The summed E-state index contributed by atoms with van der Waals surface area (Å²) >= 11 is 0. The van der Waals surface area contributed by atoms with Crippen molar-refractivity contribution in [1.29, 1.82) is 0 Å². The largest absolute Gasteiger partial charge is 0.491 e. The highest BCUT2D eigenvalue weighted by atomic mass is 16.5. The van der Waals surface area contributed by atoms with Gasteiger partial charge in [-0.15, -0.1) is 0 Å². The van der Waals surface area contributed by atoms with Crippen LogP contribution < -0.4 is 15.8 Å². The van der Waals surface area contributed by atoms with Gasteiger partial charge in [-0.05, 0) is 38.8 Å². The lowest BCUT2D eigenvalue weighted by atomic mass is 10.0. The maximum Gasteiger partial charge on any atom is 0.224 e. The first-order chi connectivity index (χ1) is 9.32. The van der Waals surface area contributed by atoms with Gasteiger partial charge < -0.3 is 15.8 Å². The van der Waals surface area contributed by atoms with Gasteiger partial charge in [0.2, 0.25) is 5.91 Å². The molecule has 20 heavy (non-hydrogen) atoms. The third-order valence-corrected chi connectivity index (χ3v) is 3.48. The van der Waals surface area contributed by atoms with E-state index in [-0.39, 0.29) is 23.9 Å². The summed E-state index contributed by atoms with van der Waals surface area (Å²) in [5.74, 6) is 0.670. The average Bonchev–Trinajstić information content (AvgIpc) is 2.36. The van der Waals surface area contributed by atoms with Gasteiger partial charge in [-0.2, -0.15) is 0 Å². The first kappa shape index (κ1) is 16.5. The highest BCUT2D eigenvalue weighted by Gasteiger charge is 2.19. The fourth-order valence-corrected chi connectivity index (χ4v) is 1.89. The number of benzene rings is 1. The van der Waals surface area contributed by atoms with Crippen LogP contribution in [0.25, 0.3) is 0 Å². The SMILES string of the molecule is Cc1cccc(C)c1OCC(C)NC(=O)C(C)C(C)N. The number of hydrogen-bond acceptors (Lipinski definition) is 3. The molecule has 0 saturated carbocycles. The van der Waals surface area contributed by atoms with E-state index < -0.39 is 0 Å². The number of nitrogens with two attached hydrogens (primary N) is 1. The van der Waals surface area contributed by atoms with Crippen LogP contribution >= 0.6 is 0 Å². The maximum absolute atomic E-state index is 11.9. The summed E-state index contributed by atoms with van der Waals surface area (Å²) in [6.07, 6.45) is 0. The number of ether oxygens (including phenoxy) is 1. The summed E-state index contributed by atoms with van der Waals surface area (Å²) in [4.78, 5) is 11.9. The number of carbonyl (C=O) groups is 1. The molecular formula is C16H26N2O2. The van der Waals surface area contributed by atoms with E-state index in [2.05, 4.69) is 5.32 Å². The summed E-state index contributed by atoms with van der Waals surface area (Å²) < 4.78 is 5.82. The molecule has 0 aliphatic heterocycles. The van der Waals surface area contributed by atoms with E-state index in [0.717, 1.165) is 16.9 Å². The molecule has 0 radical (unpaired) electrons. The number of rotatable bonds is 6. The molecule has 112 valence electrons. The van der Waals surface area contributed by atoms with Crippen LogP contribution in [-0.2, 0) is 4.79 Å². The van der Waals surface area contributed by atoms with Gasteiger partial charge in [0.1, 0.15) is 12.4 Å². The lowest BCUT2D eigenvalue weighted by Gasteiger charge is -2.21. The van der Waals surface area contributed by atoms with Crippen molar-refractivity contribution in [1.82, 2.24) is 5.32 Å². The fraction of sp³-hybridized carbons (Fsp3) is 0.562. The molecule has 0 aliphatic rings. The van der Waals surface area contributed by atoms with Crippen molar-refractivity contribution in [2.75, 3.05) is 6.61 Å². The summed E-state index contributed by atoms with van der Waals surface area (Å²) in [5.41, 5.74) is 7.93. The van der Waals surface area contributed by atoms with E-state index in [1.807, 2.05) is 52.8 Å². The number of hydrogen-bond donors (Lipinski definition) is 2. The lowest BCUT2D eigenvalue weighted by Crippen LogP contribution is -2.44. The second-order valence-corrected chi connectivity index (χ2v) is 5.59. The third kappa shape index (κ3) is 4.53. The van der Waals surface area contributed by atoms with Crippen LogP contribution in [0.4, 0.5) is 0 Å². The molecular weight excluding hydrogens is 252 g/mol. The van der Waals surface area contributed by atoms with Gasteiger partial charge >= 0.3 is 0 Å². The van der Waals surface area contributed by atoms with Crippen molar-refractivity contribution in [2.24, 2.45) is 11.7 Å². The quantitative estimate of drug-likeness (QED) is 0.838. The number of para-hydroxylation sites is 1. The molecule has 4 heteroatoms. The average molecular weight is 278 g/mol. The van der Waals surface area contributed by atoms with Crippen molar-refractivity contribution >= 4 is 5.91 Å². The van der Waals surface area contributed by atoms with Crippen LogP contribution in [0.2, 0.25) is 0 Å². The molecule has 0 aliphatic carbocycles. The third-order valence-electron chi connectivity index (χ3n) is 3.48. The number of nitrogens with one attached hydrogen (secondary N) is 1. The van der Waals surface area contributed by atoms with Crippen molar-refractivity contribution < 1.29 is 9.53 Å². The van der Waals surface area contributed by atoms with Crippen LogP contribution in [0.5, 0.6) is 5.75 Å². The predicted octanol–water partition coefficient (Wildman–Crippen LogP) is 2.17. The first-order valence-electron chi connectivity index (χ1n) is 7.08. The van der Waals surface area contributed by atoms with Gasteiger partial charge in [0.25, 0.3) is 0 Å². The standard InChI is InChI=1S/C16H26N2O2/c1-10-7-6-8-11(2)15(10)20-9-12(3)18-16(19)13(4)14(5)17/h6-8,12-14H,9,17H2,1-5H3,(H,18,19). The molecule has 0 aromatic heterocycles. The van der Waals surface area contributed by atoms with Gasteiger partial charge in [0, 0.05) is 12.0 Å². The Bertz CT molecular complexity index is 438. The molecule has 0 heterocycles. The normalized spacial score (nSPS) is 15.3. The lowest BCUT2D eigenvalue weighted by molar-refractivity contribution is -0.125. The van der Waals surface area contributed by atoms with Gasteiger partial charge in [-0.1, -0.05) is 25.1 Å². The molecule has 0 bridgehead atoms. The maximum atomic E-state index is 11.9. The molecule has 0 saturated heterocycles. The zero-order chi connectivity index (χ0) is 15.3. The number of aryl methyl sites for hydroxylation is 2. The smallest absolute Gasteiger partial charge is 0.224 e. The minimum Gasteiger partial charge on any atom is -0.491 e. The Morgan fingerprint density at radius 2 is 1.80 bits per heavy atom. The fourth-order valence-electron chi connectivity index (χ4n) is 1.89. The molecule has 1 aromatic rings. The zero-order valence-electron chi connectivity index (χ0n) is 13.1.